The molecule has 0 amide bonds. The molecule has 0 N–H and O–H groups in total. The summed E-state index contributed by atoms with van der Waals surface area (Å²) in [6.07, 6.45) is 1.14. The van der Waals surface area contributed by atoms with E-state index in [0.29, 0.717) is 16.0 Å². The maximum absolute atomic E-state index is 13.7. The van der Waals surface area contributed by atoms with E-state index in [0.717, 1.165) is 6.26 Å². The van der Waals surface area contributed by atoms with E-state index in [9.17, 15) is 12.8 Å². The van der Waals surface area contributed by atoms with Crippen molar-refractivity contribution in [2.45, 2.75) is 15.5 Å². The lowest BCUT2D eigenvalue weighted by Crippen LogP contribution is -1.99. The van der Waals surface area contributed by atoms with Crippen molar-refractivity contribution in [2.24, 2.45) is 0 Å². The van der Waals surface area contributed by atoms with Crippen molar-refractivity contribution in [2.75, 3.05) is 6.26 Å². The molecule has 0 spiro atoms. The van der Waals surface area contributed by atoms with Crippen LogP contribution in [-0.2, 0) is 15.6 Å². The second-order valence-electron chi connectivity index (χ2n) is 4.43. The summed E-state index contributed by atoms with van der Waals surface area (Å²) in [6.45, 7) is 0. The molecule has 3 nitrogen and oxygen atoms in total. The predicted octanol–water partition coefficient (Wildman–Crippen LogP) is 3.39. The largest absolute Gasteiger partial charge is 0.224 e. The van der Waals surface area contributed by atoms with Gasteiger partial charge in [-0.2, -0.15) is 5.26 Å². The molecule has 21 heavy (non-hydrogen) atoms. The van der Waals surface area contributed by atoms with Crippen LogP contribution in [0.2, 0.25) is 0 Å². The van der Waals surface area contributed by atoms with Crippen LogP contribution in [0.5, 0.6) is 0 Å². The van der Waals surface area contributed by atoms with Gasteiger partial charge in [0.1, 0.15) is 5.82 Å². The minimum atomic E-state index is -3.33. The quantitative estimate of drug-likeness (QED) is 0.810. The third-order valence-corrected chi connectivity index (χ3v) is 5.21. The molecule has 0 unspecified atom stereocenters. The summed E-state index contributed by atoms with van der Waals surface area (Å²) in [5, 5.41) is 8.83. The Morgan fingerprint density at radius 1 is 1.24 bits per heavy atom. The smallest absolute Gasteiger partial charge is 0.176 e. The highest BCUT2D eigenvalue weighted by molar-refractivity contribution is 7.99. The number of rotatable bonds is 4. The van der Waals surface area contributed by atoms with Crippen LogP contribution in [0.25, 0.3) is 0 Å². The van der Waals surface area contributed by atoms with Gasteiger partial charge in [-0.05, 0) is 35.9 Å². The molecule has 0 saturated carbocycles. The van der Waals surface area contributed by atoms with Gasteiger partial charge in [0, 0.05) is 16.9 Å². The van der Waals surface area contributed by atoms with E-state index >= 15 is 0 Å². The molecule has 0 aliphatic heterocycles. The minimum absolute atomic E-state index is 0.229. The Balaban J connectivity index is 2.28. The Labute approximate surface area is 127 Å². The van der Waals surface area contributed by atoms with Crippen LogP contribution < -0.4 is 0 Å². The second kappa shape index (κ2) is 6.29. The van der Waals surface area contributed by atoms with Crippen LogP contribution in [0.1, 0.15) is 11.1 Å². The summed E-state index contributed by atoms with van der Waals surface area (Å²) in [5.74, 6) is -0.146. The lowest BCUT2D eigenvalue weighted by Gasteiger charge is -2.08. The fourth-order valence-electron chi connectivity index (χ4n) is 1.79. The number of thioether (sulfide) groups is 1. The third-order valence-electron chi connectivity index (χ3n) is 2.81. The van der Waals surface area contributed by atoms with Gasteiger partial charge in [-0.1, -0.05) is 12.1 Å². The number of benzene rings is 2. The molecule has 0 aromatic heterocycles. The van der Waals surface area contributed by atoms with E-state index in [4.69, 9.17) is 5.26 Å². The highest BCUT2D eigenvalue weighted by Crippen LogP contribution is 2.30. The van der Waals surface area contributed by atoms with E-state index < -0.39 is 15.7 Å². The summed E-state index contributed by atoms with van der Waals surface area (Å²) >= 11 is 1.23. The Morgan fingerprint density at radius 2 is 1.95 bits per heavy atom. The zero-order valence-electron chi connectivity index (χ0n) is 11.2. The average molecular weight is 321 g/mol. The molecule has 2 aromatic rings. The zero-order chi connectivity index (χ0) is 15.5. The van der Waals surface area contributed by atoms with Crippen molar-refractivity contribution >= 4 is 21.6 Å². The summed E-state index contributed by atoms with van der Waals surface area (Å²) in [5.41, 5.74) is 0.755. The molecule has 6 heteroatoms. The van der Waals surface area contributed by atoms with Gasteiger partial charge in [0.25, 0.3) is 0 Å². The standard InChI is InChI=1S/C15H12FNO2S2/c1-21(18,19)15-5-3-2-4-14(15)20-10-12-8-11(9-17)6-7-13(12)16/h2-8H,10H2,1H3. The zero-order valence-corrected chi connectivity index (χ0v) is 12.8. The summed E-state index contributed by atoms with van der Waals surface area (Å²) in [4.78, 5) is 0.800. The third kappa shape index (κ3) is 3.84. The predicted molar refractivity (Wildman–Crippen MR) is 80.2 cm³/mol. The first-order valence-corrected chi connectivity index (χ1v) is 8.90. The van der Waals surface area contributed by atoms with Gasteiger partial charge in [0.2, 0.25) is 0 Å². The number of hydrogen-bond donors (Lipinski definition) is 0. The Bertz CT molecular complexity index is 811. The Kier molecular flexibility index (Phi) is 4.66. The summed E-state index contributed by atoms with van der Waals surface area (Å²) < 4.78 is 37.1. The van der Waals surface area contributed by atoms with Gasteiger partial charge in [0.15, 0.2) is 9.84 Å². The topological polar surface area (TPSA) is 57.9 Å². The molecule has 108 valence electrons. The van der Waals surface area contributed by atoms with Crippen molar-refractivity contribution in [3.63, 3.8) is 0 Å². The summed E-state index contributed by atoms with van der Waals surface area (Å²) in [6, 6.07) is 12.7. The van der Waals surface area contributed by atoms with Gasteiger partial charge in [0.05, 0.1) is 16.5 Å². The molecule has 0 heterocycles. The second-order valence-corrected chi connectivity index (χ2v) is 7.43. The number of halogens is 1. The van der Waals surface area contributed by atoms with Crippen molar-refractivity contribution in [3.05, 3.63) is 59.4 Å². The fraction of sp³-hybridized carbons (Fsp3) is 0.133. The van der Waals surface area contributed by atoms with E-state index in [1.165, 1.54) is 36.0 Å². The van der Waals surface area contributed by atoms with Gasteiger partial charge in [-0.25, -0.2) is 12.8 Å². The Hall–Kier alpha value is -1.84. The number of sulfone groups is 1. The van der Waals surface area contributed by atoms with Crippen LogP contribution in [0.15, 0.2) is 52.3 Å². The lowest BCUT2D eigenvalue weighted by atomic mass is 10.1. The van der Waals surface area contributed by atoms with Crippen LogP contribution in [0.4, 0.5) is 4.39 Å². The number of nitrogens with zero attached hydrogens (tertiary/aromatic N) is 1. The SMILES string of the molecule is CS(=O)(=O)c1ccccc1SCc1cc(C#N)ccc1F. The normalized spacial score (nSPS) is 11.1. The Morgan fingerprint density at radius 3 is 2.62 bits per heavy atom. The van der Waals surface area contributed by atoms with E-state index in [-0.39, 0.29) is 10.6 Å². The maximum atomic E-state index is 13.7. The fourth-order valence-corrected chi connectivity index (χ4v) is 4.09. The van der Waals surface area contributed by atoms with Crippen LogP contribution >= 0.6 is 11.8 Å². The average Bonchev–Trinajstić information content (AvgIpc) is 2.46. The first-order valence-electron chi connectivity index (χ1n) is 6.02. The highest BCUT2D eigenvalue weighted by atomic mass is 32.2. The molecular formula is C15H12FNO2S2. The van der Waals surface area contributed by atoms with Crippen LogP contribution in [0.3, 0.4) is 0 Å². The number of hydrogen-bond acceptors (Lipinski definition) is 4. The molecule has 0 fully saturated rings. The van der Waals surface area contributed by atoms with Gasteiger partial charge in [-0.15, -0.1) is 11.8 Å². The highest BCUT2D eigenvalue weighted by Gasteiger charge is 2.13. The molecule has 0 atom stereocenters. The number of nitriles is 1. The molecule has 0 aliphatic carbocycles. The van der Waals surface area contributed by atoms with E-state index in [1.54, 1.807) is 18.2 Å². The molecule has 0 saturated heterocycles. The van der Waals surface area contributed by atoms with E-state index in [1.807, 2.05) is 6.07 Å². The van der Waals surface area contributed by atoms with E-state index in [2.05, 4.69) is 0 Å². The van der Waals surface area contributed by atoms with Crippen molar-refractivity contribution < 1.29 is 12.8 Å². The molecule has 2 rings (SSSR count). The lowest BCUT2D eigenvalue weighted by molar-refractivity contribution is 0.600. The summed E-state index contributed by atoms with van der Waals surface area (Å²) in [7, 11) is -3.33. The van der Waals surface area contributed by atoms with Crippen LogP contribution in [0, 0.1) is 17.1 Å². The first-order chi connectivity index (χ1) is 9.91. The molecule has 0 bridgehead atoms. The maximum Gasteiger partial charge on any atom is 0.176 e. The van der Waals surface area contributed by atoms with Gasteiger partial charge < -0.3 is 0 Å². The van der Waals surface area contributed by atoms with Gasteiger partial charge >= 0.3 is 0 Å². The van der Waals surface area contributed by atoms with Crippen molar-refractivity contribution in [3.8, 4) is 6.07 Å². The van der Waals surface area contributed by atoms with Crippen molar-refractivity contribution in [1.29, 1.82) is 5.26 Å². The monoisotopic (exact) mass is 321 g/mol. The van der Waals surface area contributed by atoms with Gasteiger partial charge in [-0.3, -0.25) is 0 Å². The molecule has 0 radical (unpaired) electrons. The minimum Gasteiger partial charge on any atom is -0.224 e. The van der Waals surface area contributed by atoms with Crippen molar-refractivity contribution in [1.82, 2.24) is 0 Å². The molecular weight excluding hydrogens is 309 g/mol. The first kappa shape index (κ1) is 15.5. The molecule has 0 aliphatic rings. The molecule has 2 aromatic carbocycles. The van der Waals surface area contributed by atoms with Crippen LogP contribution in [-0.4, -0.2) is 14.7 Å².